The van der Waals surface area contributed by atoms with E-state index in [1.807, 2.05) is 6.92 Å². The van der Waals surface area contributed by atoms with Crippen LogP contribution in [0.3, 0.4) is 0 Å². The molecule has 0 unspecified atom stereocenters. The standard InChI is InChI=1S/C13H19ClN2O2/c1-4-7-18-11-6-5-9(14)8-10(11)16-12(17)13(2,3)15/h5-6,8H,4,7,15H2,1-3H3,(H,16,17). The highest BCUT2D eigenvalue weighted by molar-refractivity contribution is 6.31. The molecule has 0 radical (unpaired) electrons. The van der Waals surface area contributed by atoms with Gasteiger partial charge in [-0.3, -0.25) is 4.79 Å². The largest absolute Gasteiger partial charge is 0.491 e. The van der Waals surface area contributed by atoms with E-state index in [1.165, 1.54) is 0 Å². The van der Waals surface area contributed by atoms with Crippen molar-refractivity contribution >= 4 is 23.2 Å². The highest BCUT2D eigenvalue weighted by Crippen LogP contribution is 2.28. The Morgan fingerprint density at radius 1 is 1.50 bits per heavy atom. The number of halogens is 1. The monoisotopic (exact) mass is 270 g/mol. The second-order valence-corrected chi connectivity index (χ2v) is 5.10. The summed E-state index contributed by atoms with van der Waals surface area (Å²) in [6.07, 6.45) is 0.887. The van der Waals surface area contributed by atoms with Gasteiger partial charge in [-0.15, -0.1) is 0 Å². The molecule has 100 valence electrons. The van der Waals surface area contributed by atoms with Crippen molar-refractivity contribution in [3.63, 3.8) is 0 Å². The minimum absolute atomic E-state index is 0.286. The summed E-state index contributed by atoms with van der Waals surface area (Å²) in [6, 6.07) is 5.10. The van der Waals surface area contributed by atoms with E-state index in [9.17, 15) is 4.79 Å². The van der Waals surface area contributed by atoms with Crippen LogP contribution in [0, 0.1) is 0 Å². The molecule has 1 rings (SSSR count). The lowest BCUT2D eigenvalue weighted by molar-refractivity contribution is -0.120. The molecule has 0 aliphatic carbocycles. The Hall–Kier alpha value is -1.26. The number of carbonyl (C=O) groups is 1. The first-order chi connectivity index (χ1) is 8.34. The molecule has 5 heteroatoms. The van der Waals surface area contributed by atoms with E-state index < -0.39 is 5.54 Å². The van der Waals surface area contributed by atoms with Crippen molar-refractivity contribution in [3.8, 4) is 5.75 Å². The molecule has 1 aromatic rings. The van der Waals surface area contributed by atoms with Crippen LogP contribution >= 0.6 is 11.6 Å². The van der Waals surface area contributed by atoms with Crippen LogP contribution in [0.4, 0.5) is 5.69 Å². The first-order valence-corrected chi connectivity index (χ1v) is 6.25. The summed E-state index contributed by atoms with van der Waals surface area (Å²) >= 11 is 5.91. The summed E-state index contributed by atoms with van der Waals surface area (Å²) in [7, 11) is 0. The van der Waals surface area contributed by atoms with Gasteiger partial charge in [-0.1, -0.05) is 18.5 Å². The predicted molar refractivity (Wildman–Crippen MR) is 74.1 cm³/mol. The average molecular weight is 271 g/mol. The van der Waals surface area contributed by atoms with Gasteiger partial charge < -0.3 is 15.8 Å². The molecule has 0 saturated heterocycles. The lowest BCUT2D eigenvalue weighted by Gasteiger charge is -2.19. The van der Waals surface area contributed by atoms with Gasteiger partial charge in [-0.25, -0.2) is 0 Å². The molecule has 0 atom stereocenters. The fourth-order valence-electron chi connectivity index (χ4n) is 1.22. The van der Waals surface area contributed by atoms with Crippen LogP contribution in [-0.2, 0) is 4.79 Å². The van der Waals surface area contributed by atoms with Crippen molar-refractivity contribution in [2.75, 3.05) is 11.9 Å². The molecule has 1 aromatic carbocycles. The average Bonchev–Trinajstić information content (AvgIpc) is 2.26. The summed E-state index contributed by atoms with van der Waals surface area (Å²) in [4.78, 5) is 11.8. The lowest BCUT2D eigenvalue weighted by atomic mass is 10.1. The van der Waals surface area contributed by atoms with Crippen LogP contribution in [0.15, 0.2) is 18.2 Å². The fourth-order valence-corrected chi connectivity index (χ4v) is 1.39. The summed E-state index contributed by atoms with van der Waals surface area (Å²) in [5.74, 6) is 0.310. The van der Waals surface area contributed by atoms with Crippen LogP contribution in [0.1, 0.15) is 27.2 Å². The highest BCUT2D eigenvalue weighted by atomic mass is 35.5. The van der Waals surface area contributed by atoms with Crippen LogP contribution < -0.4 is 15.8 Å². The summed E-state index contributed by atoms with van der Waals surface area (Å²) in [5.41, 5.74) is 5.32. The van der Waals surface area contributed by atoms with E-state index in [4.69, 9.17) is 22.1 Å². The molecular weight excluding hydrogens is 252 g/mol. The van der Waals surface area contributed by atoms with Crippen molar-refractivity contribution < 1.29 is 9.53 Å². The number of ether oxygens (including phenoxy) is 1. The van der Waals surface area contributed by atoms with E-state index in [-0.39, 0.29) is 5.91 Å². The predicted octanol–water partition coefficient (Wildman–Crippen LogP) is 2.80. The number of nitrogens with one attached hydrogen (secondary N) is 1. The Labute approximate surface area is 112 Å². The zero-order valence-corrected chi connectivity index (χ0v) is 11.7. The van der Waals surface area contributed by atoms with Gasteiger partial charge in [0, 0.05) is 5.02 Å². The van der Waals surface area contributed by atoms with Crippen LogP contribution in [0.25, 0.3) is 0 Å². The molecule has 0 spiro atoms. The molecule has 0 aliphatic heterocycles. The zero-order chi connectivity index (χ0) is 13.8. The minimum atomic E-state index is -0.954. The quantitative estimate of drug-likeness (QED) is 0.865. The third-order valence-corrected chi connectivity index (χ3v) is 2.47. The van der Waals surface area contributed by atoms with Crippen molar-refractivity contribution in [1.82, 2.24) is 0 Å². The number of amides is 1. The number of carbonyl (C=O) groups excluding carboxylic acids is 1. The summed E-state index contributed by atoms with van der Waals surface area (Å²) in [5, 5.41) is 3.26. The number of hydrogen-bond acceptors (Lipinski definition) is 3. The van der Waals surface area contributed by atoms with Crippen molar-refractivity contribution in [1.29, 1.82) is 0 Å². The molecule has 1 amide bonds. The van der Waals surface area contributed by atoms with Crippen LogP contribution in [0.2, 0.25) is 5.02 Å². The second kappa shape index (κ2) is 6.07. The molecule has 0 aliphatic rings. The summed E-state index contributed by atoms with van der Waals surface area (Å²) < 4.78 is 5.54. The molecule has 0 fully saturated rings. The third kappa shape index (κ3) is 4.20. The molecule has 0 aromatic heterocycles. The molecule has 18 heavy (non-hydrogen) atoms. The van der Waals surface area contributed by atoms with Crippen LogP contribution in [0.5, 0.6) is 5.75 Å². The molecule has 4 nitrogen and oxygen atoms in total. The molecule has 0 heterocycles. The van der Waals surface area contributed by atoms with E-state index in [0.29, 0.717) is 23.1 Å². The number of hydrogen-bond donors (Lipinski definition) is 2. The topological polar surface area (TPSA) is 64.3 Å². The maximum atomic E-state index is 11.8. The van der Waals surface area contributed by atoms with E-state index in [0.717, 1.165) is 6.42 Å². The molecule has 3 N–H and O–H groups in total. The van der Waals surface area contributed by atoms with E-state index in [1.54, 1.807) is 32.0 Å². The number of benzene rings is 1. The molecular formula is C13H19ClN2O2. The smallest absolute Gasteiger partial charge is 0.243 e. The Bertz CT molecular complexity index is 427. The SMILES string of the molecule is CCCOc1ccc(Cl)cc1NC(=O)C(C)(C)N. The van der Waals surface area contributed by atoms with Gasteiger partial charge in [0.15, 0.2) is 0 Å². The van der Waals surface area contributed by atoms with Gasteiger partial charge in [0.05, 0.1) is 17.8 Å². The van der Waals surface area contributed by atoms with E-state index >= 15 is 0 Å². The Kier molecular flexibility index (Phi) is 4.99. The highest BCUT2D eigenvalue weighted by Gasteiger charge is 2.23. The first-order valence-electron chi connectivity index (χ1n) is 5.87. The number of nitrogens with two attached hydrogens (primary N) is 1. The minimum Gasteiger partial charge on any atom is -0.491 e. The first kappa shape index (κ1) is 14.8. The van der Waals surface area contributed by atoms with Crippen LogP contribution in [-0.4, -0.2) is 18.1 Å². The number of anilines is 1. The zero-order valence-electron chi connectivity index (χ0n) is 10.9. The Morgan fingerprint density at radius 2 is 2.17 bits per heavy atom. The molecule has 0 saturated carbocycles. The maximum Gasteiger partial charge on any atom is 0.243 e. The van der Waals surface area contributed by atoms with Crippen molar-refractivity contribution in [3.05, 3.63) is 23.2 Å². The third-order valence-electron chi connectivity index (χ3n) is 2.24. The fraction of sp³-hybridized carbons (Fsp3) is 0.462. The van der Waals surface area contributed by atoms with Crippen molar-refractivity contribution in [2.24, 2.45) is 5.73 Å². The van der Waals surface area contributed by atoms with Gasteiger partial charge in [-0.2, -0.15) is 0 Å². The lowest BCUT2D eigenvalue weighted by Crippen LogP contribution is -2.45. The van der Waals surface area contributed by atoms with E-state index in [2.05, 4.69) is 5.32 Å². The van der Waals surface area contributed by atoms with Gasteiger partial charge in [0.25, 0.3) is 0 Å². The second-order valence-electron chi connectivity index (χ2n) is 4.66. The Morgan fingerprint density at radius 3 is 2.72 bits per heavy atom. The van der Waals surface area contributed by atoms with Gasteiger partial charge in [0.2, 0.25) is 5.91 Å². The van der Waals surface area contributed by atoms with Crippen molar-refractivity contribution in [2.45, 2.75) is 32.7 Å². The summed E-state index contributed by atoms with van der Waals surface area (Å²) in [6.45, 7) is 5.87. The maximum absolute atomic E-state index is 11.8. The van der Waals surface area contributed by atoms with Gasteiger partial charge in [0.1, 0.15) is 5.75 Å². The number of rotatable bonds is 5. The molecule has 0 bridgehead atoms. The Balaban J connectivity index is 2.91. The van der Waals surface area contributed by atoms with Gasteiger partial charge >= 0.3 is 0 Å². The normalized spacial score (nSPS) is 11.2. The van der Waals surface area contributed by atoms with Gasteiger partial charge in [-0.05, 0) is 38.5 Å².